The number of fused-ring (bicyclic) bond motifs is 1. The fraction of sp³-hybridized carbons (Fsp3) is 0.500. The normalized spacial score (nSPS) is 31.9. The van der Waals surface area contributed by atoms with E-state index in [0.29, 0.717) is 22.8 Å². The van der Waals surface area contributed by atoms with Gasteiger partial charge in [0, 0.05) is 22.7 Å². The van der Waals surface area contributed by atoms with Crippen molar-refractivity contribution in [1.82, 2.24) is 0 Å². The van der Waals surface area contributed by atoms with Crippen LogP contribution in [0.2, 0.25) is 0 Å². The second kappa shape index (κ2) is 6.64. The van der Waals surface area contributed by atoms with Gasteiger partial charge in [-0.05, 0) is 37.0 Å². The van der Waals surface area contributed by atoms with Crippen molar-refractivity contribution < 1.29 is 29.6 Å². The number of rotatable bonds is 4. The Labute approximate surface area is 148 Å². The van der Waals surface area contributed by atoms with E-state index in [4.69, 9.17) is 14.3 Å². The molecule has 1 aromatic heterocycles. The van der Waals surface area contributed by atoms with E-state index in [1.54, 1.807) is 18.2 Å². The van der Waals surface area contributed by atoms with Crippen LogP contribution in [0.5, 0.6) is 0 Å². The molecule has 4 rings (SSSR count). The van der Waals surface area contributed by atoms with Crippen LogP contribution in [0.1, 0.15) is 24.3 Å². The van der Waals surface area contributed by atoms with Crippen molar-refractivity contribution in [1.29, 1.82) is 0 Å². The molecule has 5 atom stereocenters. The molecule has 1 aliphatic heterocycles. The van der Waals surface area contributed by atoms with Crippen molar-refractivity contribution in [2.24, 2.45) is 0 Å². The summed E-state index contributed by atoms with van der Waals surface area (Å²) in [4.78, 5) is 12.1. The molecule has 2 aromatic rings. The summed E-state index contributed by atoms with van der Waals surface area (Å²) >= 11 is 0. The second-order valence-electron chi connectivity index (χ2n) is 6.92. The molecule has 140 valence electrons. The van der Waals surface area contributed by atoms with Crippen LogP contribution in [-0.4, -0.2) is 57.7 Å². The Hall–Kier alpha value is -1.97. The molecule has 8 heteroatoms. The fourth-order valence-corrected chi connectivity index (χ4v) is 3.34. The van der Waals surface area contributed by atoms with Gasteiger partial charge in [-0.3, -0.25) is 0 Å². The van der Waals surface area contributed by atoms with E-state index >= 15 is 0 Å². The number of anilines is 1. The lowest BCUT2D eigenvalue weighted by atomic mass is 9.97. The molecule has 8 nitrogen and oxygen atoms in total. The lowest BCUT2D eigenvalue weighted by molar-refractivity contribution is -0.245. The molecule has 5 N–H and O–H groups in total. The molecule has 1 saturated heterocycles. The first-order valence-corrected chi connectivity index (χ1v) is 8.63. The Morgan fingerprint density at radius 3 is 2.58 bits per heavy atom. The number of aliphatic hydroxyl groups excluding tert-OH is 4. The van der Waals surface area contributed by atoms with Crippen LogP contribution in [0.25, 0.3) is 11.0 Å². The van der Waals surface area contributed by atoms with Crippen molar-refractivity contribution in [2.75, 3.05) is 11.9 Å². The van der Waals surface area contributed by atoms with Gasteiger partial charge in [-0.1, -0.05) is 0 Å². The fourth-order valence-electron chi connectivity index (χ4n) is 3.34. The maximum Gasteiger partial charge on any atom is 0.339 e. The molecule has 1 aromatic carbocycles. The number of nitrogens with one attached hydrogen (secondary N) is 1. The third-order valence-corrected chi connectivity index (χ3v) is 5.01. The maximum atomic E-state index is 12.1. The molecule has 1 aliphatic carbocycles. The lowest BCUT2D eigenvalue weighted by Crippen LogP contribution is -2.61. The molecule has 0 spiro atoms. The van der Waals surface area contributed by atoms with Gasteiger partial charge in [0.2, 0.25) is 0 Å². The average molecular weight is 363 g/mol. The van der Waals surface area contributed by atoms with Gasteiger partial charge in [-0.15, -0.1) is 0 Å². The number of benzene rings is 1. The van der Waals surface area contributed by atoms with Crippen LogP contribution in [0.4, 0.5) is 5.69 Å². The zero-order valence-corrected chi connectivity index (χ0v) is 13.9. The van der Waals surface area contributed by atoms with E-state index in [1.807, 2.05) is 6.07 Å². The monoisotopic (exact) mass is 363 g/mol. The van der Waals surface area contributed by atoms with Gasteiger partial charge in [0.25, 0.3) is 0 Å². The highest BCUT2D eigenvalue weighted by Crippen LogP contribution is 2.39. The van der Waals surface area contributed by atoms with Gasteiger partial charge in [0.15, 0.2) is 6.29 Å². The first-order chi connectivity index (χ1) is 12.5. The van der Waals surface area contributed by atoms with Crippen LogP contribution < -0.4 is 10.9 Å². The summed E-state index contributed by atoms with van der Waals surface area (Å²) in [7, 11) is 0. The average Bonchev–Trinajstić information content (AvgIpc) is 3.46. The van der Waals surface area contributed by atoms with Crippen molar-refractivity contribution in [2.45, 2.75) is 49.4 Å². The summed E-state index contributed by atoms with van der Waals surface area (Å²) in [5.74, 6) is 0.291. The third kappa shape index (κ3) is 3.10. The predicted molar refractivity (Wildman–Crippen MR) is 91.8 cm³/mol. The SMILES string of the molecule is O=c1oc2cc(NC3[C@H](O)OC(CO)[C@@H](O)[C@@H]3O)ccc2cc1C1CC1. The van der Waals surface area contributed by atoms with Crippen LogP contribution in [0.15, 0.2) is 33.5 Å². The highest BCUT2D eigenvalue weighted by molar-refractivity contribution is 5.81. The molecule has 0 amide bonds. The van der Waals surface area contributed by atoms with Crippen LogP contribution >= 0.6 is 0 Å². The number of hydrogen-bond acceptors (Lipinski definition) is 8. The lowest BCUT2D eigenvalue weighted by Gasteiger charge is -2.40. The Morgan fingerprint density at radius 1 is 1.12 bits per heavy atom. The zero-order chi connectivity index (χ0) is 18.4. The Kier molecular flexibility index (Phi) is 4.45. The van der Waals surface area contributed by atoms with Crippen LogP contribution in [0, 0.1) is 0 Å². The molecule has 2 unspecified atom stereocenters. The second-order valence-corrected chi connectivity index (χ2v) is 6.92. The van der Waals surface area contributed by atoms with E-state index in [9.17, 15) is 20.1 Å². The van der Waals surface area contributed by atoms with Crippen molar-refractivity contribution in [3.63, 3.8) is 0 Å². The third-order valence-electron chi connectivity index (χ3n) is 5.01. The first-order valence-electron chi connectivity index (χ1n) is 8.63. The minimum atomic E-state index is -1.43. The minimum Gasteiger partial charge on any atom is -0.422 e. The first kappa shape index (κ1) is 17.4. The molecule has 1 saturated carbocycles. The van der Waals surface area contributed by atoms with Crippen molar-refractivity contribution in [3.05, 3.63) is 40.2 Å². The van der Waals surface area contributed by atoms with E-state index < -0.39 is 37.3 Å². The Bertz CT molecular complexity index is 862. The summed E-state index contributed by atoms with van der Waals surface area (Å²) in [6.45, 7) is -0.521. The van der Waals surface area contributed by atoms with Gasteiger partial charge in [0.05, 0.1) is 6.61 Å². The smallest absolute Gasteiger partial charge is 0.339 e. The van der Waals surface area contributed by atoms with Gasteiger partial charge >= 0.3 is 5.63 Å². The number of ether oxygens (including phenoxy) is 1. The zero-order valence-electron chi connectivity index (χ0n) is 13.9. The Morgan fingerprint density at radius 2 is 1.88 bits per heavy atom. The molecule has 2 aliphatic rings. The summed E-state index contributed by atoms with van der Waals surface area (Å²) in [6.07, 6.45) is -3.18. The van der Waals surface area contributed by atoms with Gasteiger partial charge in [-0.2, -0.15) is 0 Å². The summed E-state index contributed by atoms with van der Waals surface area (Å²) in [5, 5.41) is 43.0. The maximum absolute atomic E-state index is 12.1. The van der Waals surface area contributed by atoms with Crippen LogP contribution in [0.3, 0.4) is 0 Å². The van der Waals surface area contributed by atoms with Crippen molar-refractivity contribution >= 4 is 16.7 Å². The van der Waals surface area contributed by atoms with E-state index in [-0.39, 0.29) is 5.63 Å². The number of aliphatic hydroxyl groups is 4. The van der Waals surface area contributed by atoms with Gasteiger partial charge < -0.3 is 34.9 Å². The Balaban J connectivity index is 1.59. The van der Waals surface area contributed by atoms with Crippen molar-refractivity contribution in [3.8, 4) is 0 Å². The summed E-state index contributed by atoms with van der Waals surface area (Å²) in [5.41, 5.74) is 1.22. The molecule has 26 heavy (non-hydrogen) atoms. The molecular formula is C18H21NO7. The van der Waals surface area contributed by atoms with E-state index in [2.05, 4.69) is 5.32 Å². The molecule has 2 fully saturated rings. The van der Waals surface area contributed by atoms with Gasteiger partial charge in [0.1, 0.15) is 29.9 Å². The molecule has 0 bridgehead atoms. The summed E-state index contributed by atoms with van der Waals surface area (Å²) < 4.78 is 10.5. The topological polar surface area (TPSA) is 132 Å². The minimum absolute atomic E-state index is 0.291. The quantitative estimate of drug-likeness (QED) is 0.475. The van der Waals surface area contributed by atoms with Crippen LogP contribution in [-0.2, 0) is 4.74 Å². The standard InChI is InChI=1S/C18H21NO7/c20-7-13-15(21)16(22)14(18(24)26-13)19-10-4-3-9-5-11(8-1-2-8)17(23)25-12(9)6-10/h3-6,8,13-16,18-22,24H,1-2,7H2/t13?,14?,15-,16-,18-/m1/s1. The molecular weight excluding hydrogens is 342 g/mol. The number of hydrogen-bond donors (Lipinski definition) is 5. The largest absolute Gasteiger partial charge is 0.422 e. The predicted octanol–water partition coefficient (Wildman–Crippen LogP) is -0.118. The highest BCUT2D eigenvalue weighted by Gasteiger charge is 2.43. The van der Waals surface area contributed by atoms with E-state index in [0.717, 1.165) is 18.2 Å². The molecule has 2 heterocycles. The molecule has 0 radical (unpaired) electrons. The van der Waals surface area contributed by atoms with Gasteiger partial charge in [-0.25, -0.2) is 4.79 Å². The highest BCUT2D eigenvalue weighted by atomic mass is 16.6. The van der Waals surface area contributed by atoms with E-state index in [1.165, 1.54) is 0 Å². The summed E-state index contributed by atoms with van der Waals surface area (Å²) in [6, 6.07) is 5.93.